The first kappa shape index (κ1) is 12.9. The third kappa shape index (κ3) is 3.47. The number of hydrogen-bond acceptors (Lipinski definition) is 3. The summed E-state index contributed by atoms with van der Waals surface area (Å²) in [6, 6.07) is 6.03. The van der Waals surface area contributed by atoms with E-state index < -0.39 is 0 Å². The van der Waals surface area contributed by atoms with Gasteiger partial charge in [0.15, 0.2) is 0 Å². The summed E-state index contributed by atoms with van der Waals surface area (Å²) in [6.07, 6.45) is 2.55. The van der Waals surface area contributed by atoms with Crippen LogP contribution in [0, 0.1) is 6.92 Å². The summed E-state index contributed by atoms with van der Waals surface area (Å²) < 4.78 is 5.61. The summed E-state index contributed by atoms with van der Waals surface area (Å²) in [4.78, 5) is 11.5. The predicted octanol–water partition coefficient (Wildman–Crippen LogP) is 1.53. The van der Waals surface area contributed by atoms with Gasteiger partial charge >= 0.3 is 0 Å². The van der Waals surface area contributed by atoms with Gasteiger partial charge < -0.3 is 15.2 Å². The Labute approximate surface area is 107 Å². The van der Waals surface area contributed by atoms with Crippen LogP contribution in [0.2, 0.25) is 0 Å². The highest BCUT2D eigenvalue weighted by Gasteiger charge is 2.22. The lowest BCUT2D eigenvalue weighted by atomic mass is 10.1. The highest BCUT2D eigenvalue weighted by atomic mass is 16.5. The number of amides is 1. The predicted molar refractivity (Wildman–Crippen MR) is 68.4 cm³/mol. The summed E-state index contributed by atoms with van der Waals surface area (Å²) in [5.74, 6) is 0.732. The molecule has 0 aromatic heterocycles. The van der Waals surface area contributed by atoms with E-state index in [0.717, 1.165) is 24.0 Å². The molecular weight excluding hydrogens is 230 g/mol. The van der Waals surface area contributed by atoms with Crippen molar-refractivity contribution in [2.24, 2.45) is 0 Å². The Morgan fingerprint density at radius 1 is 1.50 bits per heavy atom. The van der Waals surface area contributed by atoms with Gasteiger partial charge in [-0.15, -0.1) is 0 Å². The van der Waals surface area contributed by atoms with Crippen LogP contribution < -0.4 is 10.1 Å². The zero-order valence-corrected chi connectivity index (χ0v) is 10.6. The van der Waals surface area contributed by atoms with Crippen molar-refractivity contribution in [3.05, 3.63) is 29.3 Å². The maximum absolute atomic E-state index is 11.5. The molecule has 98 valence electrons. The monoisotopic (exact) mass is 249 g/mol. The van der Waals surface area contributed by atoms with Crippen LogP contribution in [0.1, 0.15) is 30.4 Å². The molecule has 1 aliphatic carbocycles. The van der Waals surface area contributed by atoms with Crippen molar-refractivity contribution in [1.29, 1.82) is 0 Å². The molecule has 1 amide bonds. The Bertz CT molecular complexity index is 427. The van der Waals surface area contributed by atoms with Crippen LogP contribution in [0.5, 0.6) is 5.75 Å². The fraction of sp³-hybridized carbons (Fsp3) is 0.500. The van der Waals surface area contributed by atoms with E-state index in [4.69, 9.17) is 4.74 Å². The van der Waals surface area contributed by atoms with Gasteiger partial charge in [-0.3, -0.25) is 4.79 Å². The van der Waals surface area contributed by atoms with Gasteiger partial charge in [0.1, 0.15) is 5.75 Å². The number of hydrogen-bond donors (Lipinski definition) is 2. The maximum Gasteiger partial charge on any atom is 0.223 e. The standard InChI is InChI=1S/C14H19NO3/c1-10-3-2-4-11(9-16)14(10)18-8-7-13(17)15-12-5-6-12/h2-4,12,16H,5-9H2,1H3,(H,15,17). The first-order valence-electron chi connectivity index (χ1n) is 6.32. The third-order valence-corrected chi connectivity index (χ3v) is 2.98. The average Bonchev–Trinajstić information content (AvgIpc) is 3.15. The van der Waals surface area contributed by atoms with E-state index in [2.05, 4.69) is 5.32 Å². The molecule has 1 aliphatic rings. The number of para-hydroxylation sites is 1. The zero-order chi connectivity index (χ0) is 13.0. The van der Waals surface area contributed by atoms with Crippen LogP contribution in [0.4, 0.5) is 0 Å². The Morgan fingerprint density at radius 3 is 2.94 bits per heavy atom. The summed E-state index contributed by atoms with van der Waals surface area (Å²) in [5, 5.41) is 12.1. The van der Waals surface area contributed by atoms with E-state index >= 15 is 0 Å². The average molecular weight is 249 g/mol. The lowest BCUT2D eigenvalue weighted by Crippen LogP contribution is -2.26. The number of aliphatic hydroxyl groups is 1. The molecule has 0 unspecified atom stereocenters. The van der Waals surface area contributed by atoms with Crippen LogP contribution in [0.25, 0.3) is 0 Å². The largest absolute Gasteiger partial charge is 0.492 e. The third-order valence-electron chi connectivity index (χ3n) is 2.98. The molecule has 0 radical (unpaired) electrons. The van der Waals surface area contributed by atoms with Crippen LogP contribution in [0.15, 0.2) is 18.2 Å². The molecule has 0 atom stereocenters. The minimum Gasteiger partial charge on any atom is -0.492 e. The molecule has 0 bridgehead atoms. The van der Waals surface area contributed by atoms with Gasteiger partial charge in [0, 0.05) is 11.6 Å². The highest BCUT2D eigenvalue weighted by molar-refractivity contribution is 5.76. The molecular formula is C14H19NO3. The summed E-state index contributed by atoms with van der Waals surface area (Å²) in [6.45, 7) is 2.22. The molecule has 0 saturated heterocycles. The molecule has 0 spiro atoms. The van der Waals surface area contributed by atoms with Crippen LogP contribution in [-0.2, 0) is 11.4 Å². The van der Waals surface area contributed by atoms with Crippen LogP contribution in [-0.4, -0.2) is 23.7 Å². The first-order chi connectivity index (χ1) is 8.70. The molecule has 2 N–H and O–H groups in total. The molecule has 4 heteroatoms. The maximum atomic E-state index is 11.5. The Balaban J connectivity index is 1.83. The lowest BCUT2D eigenvalue weighted by Gasteiger charge is -2.12. The Hall–Kier alpha value is -1.55. The van der Waals surface area contributed by atoms with Crippen molar-refractivity contribution >= 4 is 5.91 Å². The van der Waals surface area contributed by atoms with E-state index in [1.165, 1.54) is 0 Å². The van der Waals surface area contributed by atoms with Crippen LogP contribution >= 0.6 is 0 Å². The highest BCUT2D eigenvalue weighted by Crippen LogP contribution is 2.23. The smallest absolute Gasteiger partial charge is 0.223 e. The van der Waals surface area contributed by atoms with E-state index in [0.29, 0.717) is 24.8 Å². The first-order valence-corrected chi connectivity index (χ1v) is 6.32. The van der Waals surface area contributed by atoms with Gasteiger partial charge in [-0.1, -0.05) is 18.2 Å². The van der Waals surface area contributed by atoms with Gasteiger partial charge in [0.2, 0.25) is 5.91 Å². The van der Waals surface area contributed by atoms with Crippen molar-refractivity contribution in [1.82, 2.24) is 5.32 Å². The molecule has 1 aromatic rings. The number of nitrogens with one attached hydrogen (secondary N) is 1. The van der Waals surface area contributed by atoms with E-state index in [-0.39, 0.29) is 12.5 Å². The Kier molecular flexibility index (Phi) is 4.20. The lowest BCUT2D eigenvalue weighted by molar-refractivity contribution is -0.121. The normalized spacial score (nSPS) is 14.3. The van der Waals surface area contributed by atoms with Gasteiger partial charge in [0.05, 0.1) is 19.6 Å². The van der Waals surface area contributed by atoms with Crippen molar-refractivity contribution in [3.63, 3.8) is 0 Å². The SMILES string of the molecule is Cc1cccc(CO)c1OCCC(=O)NC1CC1. The van der Waals surface area contributed by atoms with Gasteiger partial charge in [-0.25, -0.2) is 0 Å². The van der Waals surface area contributed by atoms with Crippen molar-refractivity contribution < 1.29 is 14.6 Å². The number of aliphatic hydroxyl groups excluding tert-OH is 1. The molecule has 1 aromatic carbocycles. The minimum atomic E-state index is -0.0503. The topological polar surface area (TPSA) is 58.6 Å². The molecule has 1 fully saturated rings. The fourth-order valence-corrected chi connectivity index (χ4v) is 1.82. The minimum absolute atomic E-state index is 0.0385. The number of aryl methyl sites for hydroxylation is 1. The van der Waals surface area contributed by atoms with E-state index in [9.17, 15) is 9.90 Å². The number of carbonyl (C=O) groups is 1. The molecule has 4 nitrogen and oxygen atoms in total. The van der Waals surface area contributed by atoms with Gasteiger partial charge in [-0.2, -0.15) is 0 Å². The van der Waals surface area contributed by atoms with Crippen LogP contribution in [0.3, 0.4) is 0 Å². The van der Waals surface area contributed by atoms with Crippen molar-refractivity contribution in [3.8, 4) is 5.75 Å². The molecule has 0 heterocycles. The second-order valence-corrected chi connectivity index (χ2v) is 4.66. The van der Waals surface area contributed by atoms with Crippen molar-refractivity contribution in [2.75, 3.05) is 6.61 Å². The Morgan fingerprint density at radius 2 is 2.28 bits per heavy atom. The summed E-state index contributed by atoms with van der Waals surface area (Å²) in [7, 11) is 0. The molecule has 18 heavy (non-hydrogen) atoms. The fourth-order valence-electron chi connectivity index (χ4n) is 1.82. The molecule has 2 rings (SSSR count). The summed E-state index contributed by atoms with van der Waals surface area (Å²) >= 11 is 0. The van der Waals surface area contributed by atoms with Crippen molar-refractivity contribution in [2.45, 2.75) is 38.8 Å². The second-order valence-electron chi connectivity index (χ2n) is 4.66. The van der Waals surface area contributed by atoms with E-state index in [1.807, 2.05) is 25.1 Å². The quantitative estimate of drug-likeness (QED) is 0.804. The molecule has 1 saturated carbocycles. The van der Waals surface area contributed by atoms with E-state index in [1.54, 1.807) is 0 Å². The zero-order valence-electron chi connectivity index (χ0n) is 10.6. The number of ether oxygens (including phenoxy) is 1. The number of carbonyl (C=O) groups excluding carboxylic acids is 1. The summed E-state index contributed by atoms with van der Waals surface area (Å²) in [5.41, 5.74) is 1.74. The number of benzene rings is 1. The molecule has 0 aliphatic heterocycles. The van der Waals surface area contributed by atoms with Gasteiger partial charge in [0.25, 0.3) is 0 Å². The van der Waals surface area contributed by atoms with Gasteiger partial charge in [-0.05, 0) is 25.3 Å². The second kappa shape index (κ2) is 5.87. The number of rotatable bonds is 6.